The van der Waals surface area contributed by atoms with E-state index in [1.807, 2.05) is 4.90 Å². The van der Waals surface area contributed by atoms with Crippen LogP contribution in [-0.2, 0) is 19.6 Å². The van der Waals surface area contributed by atoms with Crippen LogP contribution in [0.4, 0.5) is 0 Å². The van der Waals surface area contributed by atoms with Crippen molar-refractivity contribution in [1.29, 1.82) is 0 Å². The van der Waals surface area contributed by atoms with E-state index in [1.54, 1.807) is 23.1 Å². The van der Waals surface area contributed by atoms with Gasteiger partial charge >= 0.3 is 0 Å². The molecule has 196 valence electrons. The summed E-state index contributed by atoms with van der Waals surface area (Å²) in [7, 11) is -2.47. The molecule has 2 atom stereocenters. The average molecular weight is 554 g/mol. The zero-order chi connectivity index (χ0) is 25.4. The number of likely N-dealkylation sites (tertiary alicyclic amines) is 3. The number of aromatic nitrogens is 1. The van der Waals surface area contributed by atoms with Crippen LogP contribution in [0.5, 0.6) is 0 Å². The molecule has 2 amide bonds. The van der Waals surface area contributed by atoms with Crippen molar-refractivity contribution in [3.63, 3.8) is 0 Å². The lowest BCUT2D eigenvalue weighted by Gasteiger charge is -2.37. The first kappa shape index (κ1) is 25.8. The van der Waals surface area contributed by atoms with Gasteiger partial charge in [0.25, 0.3) is 10.0 Å². The van der Waals surface area contributed by atoms with E-state index in [-0.39, 0.29) is 28.6 Å². The number of amides is 2. The molecule has 0 unspecified atom stereocenters. The molecule has 5 heterocycles. The number of thiophene rings is 1. The van der Waals surface area contributed by atoms with E-state index in [4.69, 9.17) is 11.6 Å². The van der Waals surface area contributed by atoms with Gasteiger partial charge in [0.2, 0.25) is 11.8 Å². The minimum absolute atomic E-state index is 0.00499. The molecule has 36 heavy (non-hydrogen) atoms. The number of hydrogen-bond acceptors (Lipinski definition) is 7. The Morgan fingerprint density at radius 2 is 1.89 bits per heavy atom. The molecule has 0 aliphatic carbocycles. The molecule has 2 aromatic rings. The molecular formula is C24H32ClN5O4S2. The fraction of sp³-hybridized carbons (Fsp3) is 0.625. The first-order chi connectivity index (χ1) is 17.2. The summed E-state index contributed by atoms with van der Waals surface area (Å²) in [5.74, 6) is -0.345. The van der Waals surface area contributed by atoms with E-state index in [0.717, 1.165) is 54.7 Å². The van der Waals surface area contributed by atoms with Crippen LogP contribution in [0.25, 0.3) is 10.2 Å². The van der Waals surface area contributed by atoms with Gasteiger partial charge in [-0.15, -0.1) is 11.3 Å². The molecule has 9 nitrogen and oxygen atoms in total. The normalized spacial score (nSPS) is 23.9. The van der Waals surface area contributed by atoms with Gasteiger partial charge in [-0.3, -0.25) is 9.59 Å². The number of rotatable bonds is 7. The van der Waals surface area contributed by atoms with Gasteiger partial charge in [-0.25, -0.2) is 13.4 Å². The van der Waals surface area contributed by atoms with Crippen molar-refractivity contribution in [1.82, 2.24) is 24.0 Å². The van der Waals surface area contributed by atoms with E-state index in [2.05, 4.69) is 9.88 Å². The first-order valence-corrected chi connectivity index (χ1v) is 15.2. The molecule has 0 N–H and O–H groups in total. The van der Waals surface area contributed by atoms with Crippen LogP contribution >= 0.6 is 22.9 Å². The Morgan fingerprint density at radius 3 is 2.67 bits per heavy atom. The number of carbonyl (C=O) groups excluding carboxylic acids is 2. The molecule has 3 aliphatic heterocycles. The highest BCUT2D eigenvalue weighted by Crippen LogP contribution is 2.32. The molecule has 3 saturated heterocycles. The number of piperidine rings is 1. The van der Waals surface area contributed by atoms with Crippen molar-refractivity contribution >= 4 is 55.0 Å². The number of halogens is 1. The lowest BCUT2D eigenvalue weighted by atomic mass is 10.0. The molecule has 12 heteroatoms. The second-order valence-electron chi connectivity index (χ2n) is 9.92. The van der Waals surface area contributed by atoms with E-state index in [1.165, 1.54) is 19.9 Å². The van der Waals surface area contributed by atoms with Crippen LogP contribution in [0.2, 0.25) is 5.15 Å². The van der Waals surface area contributed by atoms with E-state index in [0.29, 0.717) is 34.8 Å². The number of hydrogen-bond donors (Lipinski definition) is 0. The number of nitrogens with zero attached hydrogens (tertiary/aromatic N) is 5. The predicted molar refractivity (Wildman–Crippen MR) is 140 cm³/mol. The lowest BCUT2D eigenvalue weighted by Crippen LogP contribution is -2.55. The van der Waals surface area contributed by atoms with Crippen LogP contribution in [0.15, 0.2) is 22.4 Å². The SMILES string of the molecule is CN([C@H]1CCCN(CC(=O)N2CCC[C@H]2CN2CCCC2)C1=O)S(=O)(=O)c1cc2ccc(Cl)nc2s1. The van der Waals surface area contributed by atoms with Crippen molar-refractivity contribution in [2.45, 2.75) is 54.8 Å². The molecule has 0 spiro atoms. The van der Waals surface area contributed by atoms with Gasteiger partial charge in [-0.05, 0) is 69.8 Å². The molecule has 0 radical (unpaired) electrons. The maximum Gasteiger partial charge on any atom is 0.253 e. The number of carbonyl (C=O) groups is 2. The van der Waals surface area contributed by atoms with E-state index >= 15 is 0 Å². The standard InChI is InChI=1S/C24H32ClN5O4S2/c1-27(36(33,34)22-14-17-8-9-20(25)26-23(17)35-22)19-7-5-12-29(24(19)32)16-21(31)30-13-4-6-18(30)15-28-10-2-3-11-28/h8-9,14,18-19H,2-7,10-13,15-16H2,1H3/t18-,19-/m0/s1. The highest BCUT2D eigenvalue weighted by atomic mass is 35.5. The second kappa shape index (κ2) is 10.5. The molecular weight excluding hydrogens is 522 g/mol. The maximum atomic E-state index is 13.4. The first-order valence-electron chi connectivity index (χ1n) is 12.6. The Kier molecular flexibility index (Phi) is 7.56. The molecule has 3 aliphatic rings. The third-order valence-corrected chi connectivity index (χ3v) is 11.2. The summed E-state index contributed by atoms with van der Waals surface area (Å²) in [5, 5.41) is 0.984. The number of pyridine rings is 1. The monoisotopic (exact) mass is 553 g/mol. The highest BCUT2D eigenvalue weighted by Gasteiger charge is 2.40. The average Bonchev–Trinajstić information content (AvgIpc) is 3.61. The van der Waals surface area contributed by atoms with Crippen molar-refractivity contribution in [3.05, 3.63) is 23.4 Å². The molecule has 3 fully saturated rings. The van der Waals surface area contributed by atoms with Gasteiger partial charge in [0.05, 0.1) is 6.54 Å². The minimum atomic E-state index is -3.92. The van der Waals surface area contributed by atoms with E-state index in [9.17, 15) is 18.0 Å². The quantitative estimate of drug-likeness (QED) is 0.489. The minimum Gasteiger partial charge on any atom is -0.337 e. The van der Waals surface area contributed by atoms with Crippen molar-refractivity contribution < 1.29 is 18.0 Å². The number of sulfonamides is 1. The molecule has 0 aromatic carbocycles. The largest absolute Gasteiger partial charge is 0.337 e. The lowest BCUT2D eigenvalue weighted by molar-refractivity contribution is -0.145. The van der Waals surface area contributed by atoms with Crippen LogP contribution in [0.1, 0.15) is 38.5 Å². The summed E-state index contributed by atoms with van der Waals surface area (Å²) in [6.45, 7) is 4.28. The van der Waals surface area contributed by atoms with Crippen LogP contribution in [-0.4, -0.2) is 103 Å². The summed E-state index contributed by atoms with van der Waals surface area (Å²) in [6.07, 6.45) is 5.48. The van der Waals surface area contributed by atoms with Crippen molar-refractivity contribution in [2.24, 2.45) is 0 Å². The van der Waals surface area contributed by atoms with Gasteiger partial charge in [0.15, 0.2) is 0 Å². The van der Waals surface area contributed by atoms with Crippen LogP contribution < -0.4 is 0 Å². The predicted octanol–water partition coefficient (Wildman–Crippen LogP) is 2.65. The van der Waals surface area contributed by atoms with Crippen molar-refractivity contribution in [3.8, 4) is 0 Å². The second-order valence-corrected chi connectivity index (χ2v) is 13.6. The fourth-order valence-electron chi connectivity index (χ4n) is 5.59. The van der Waals surface area contributed by atoms with Gasteiger partial charge in [-0.1, -0.05) is 11.6 Å². The topological polar surface area (TPSA) is 94.1 Å². The molecule has 0 bridgehead atoms. The Bertz CT molecular complexity index is 1250. The summed E-state index contributed by atoms with van der Waals surface area (Å²) in [5.41, 5.74) is 0. The highest BCUT2D eigenvalue weighted by molar-refractivity contribution is 7.91. The van der Waals surface area contributed by atoms with Crippen molar-refractivity contribution in [2.75, 3.05) is 46.3 Å². The Hall–Kier alpha value is -1.79. The summed E-state index contributed by atoms with van der Waals surface area (Å²) >= 11 is 6.99. The van der Waals surface area contributed by atoms with Crippen LogP contribution in [0.3, 0.4) is 0 Å². The third-order valence-electron chi connectivity index (χ3n) is 7.59. The number of fused-ring (bicyclic) bond motifs is 1. The maximum absolute atomic E-state index is 13.4. The molecule has 2 aromatic heterocycles. The van der Waals surface area contributed by atoms with Gasteiger partial charge in [-0.2, -0.15) is 4.31 Å². The van der Waals surface area contributed by atoms with Gasteiger partial charge < -0.3 is 14.7 Å². The smallest absolute Gasteiger partial charge is 0.253 e. The summed E-state index contributed by atoms with van der Waals surface area (Å²) in [4.78, 5) is 37.3. The van der Waals surface area contributed by atoms with E-state index < -0.39 is 16.1 Å². The van der Waals surface area contributed by atoms with Gasteiger partial charge in [0.1, 0.15) is 20.2 Å². The molecule has 5 rings (SSSR count). The summed E-state index contributed by atoms with van der Waals surface area (Å²) < 4.78 is 28.1. The third kappa shape index (κ3) is 5.13. The summed E-state index contributed by atoms with van der Waals surface area (Å²) in [6, 6.07) is 4.28. The Balaban J connectivity index is 1.26. The molecule has 0 saturated carbocycles. The fourth-order valence-corrected chi connectivity index (χ4v) is 8.66. The zero-order valence-electron chi connectivity index (χ0n) is 20.4. The zero-order valence-corrected chi connectivity index (χ0v) is 22.8. The Labute approximate surface area is 221 Å². The Morgan fingerprint density at radius 1 is 1.14 bits per heavy atom. The van der Waals surface area contributed by atoms with Crippen LogP contribution in [0, 0.1) is 0 Å². The van der Waals surface area contributed by atoms with Gasteiger partial charge in [0, 0.05) is 38.1 Å². The number of likely N-dealkylation sites (N-methyl/N-ethyl adjacent to an activating group) is 1.